The molecule has 6 heteroatoms. The number of hydrogen-bond acceptors (Lipinski definition) is 4. The molecule has 3 aromatic rings. The molecular formula is C19H18N2O3S. The number of aromatic nitrogens is 2. The Morgan fingerprint density at radius 3 is 2.64 bits per heavy atom. The zero-order chi connectivity index (χ0) is 18.0. The fourth-order valence-corrected chi connectivity index (χ4v) is 3.09. The Kier molecular flexibility index (Phi) is 4.81. The van der Waals surface area contributed by atoms with Gasteiger partial charge in [-0.2, -0.15) is 0 Å². The fourth-order valence-electron chi connectivity index (χ4n) is 2.83. The van der Waals surface area contributed by atoms with E-state index in [1.54, 1.807) is 22.8 Å². The van der Waals surface area contributed by atoms with Crippen LogP contribution in [0.15, 0.2) is 53.3 Å². The number of rotatable bonds is 4. The van der Waals surface area contributed by atoms with Crippen molar-refractivity contribution >= 4 is 29.1 Å². The van der Waals surface area contributed by atoms with Gasteiger partial charge in [0.1, 0.15) is 0 Å². The van der Waals surface area contributed by atoms with Crippen LogP contribution in [0.4, 0.5) is 0 Å². The second kappa shape index (κ2) is 7.03. The number of ether oxygens (including phenoxy) is 1. The molecule has 0 aliphatic heterocycles. The Bertz CT molecular complexity index is 1040. The Morgan fingerprint density at radius 2 is 1.96 bits per heavy atom. The SMILES string of the molecule is COC(=O)c1ccc2c(=O)n(CC(C)c3ccccc3)c(=S)[nH]c2c1. The second-order valence-corrected chi connectivity index (χ2v) is 6.30. The van der Waals surface area contributed by atoms with Gasteiger partial charge >= 0.3 is 5.97 Å². The van der Waals surface area contributed by atoms with Gasteiger partial charge in [0, 0.05) is 6.54 Å². The summed E-state index contributed by atoms with van der Waals surface area (Å²) >= 11 is 5.36. The molecule has 1 N–H and O–H groups in total. The number of aromatic amines is 1. The lowest BCUT2D eigenvalue weighted by molar-refractivity contribution is 0.0601. The van der Waals surface area contributed by atoms with Gasteiger partial charge in [0.2, 0.25) is 0 Å². The van der Waals surface area contributed by atoms with Crippen molar-refractivity contribution in [2.24, 2.45) is 0 Å². The highest BCUT2D eigenvalue weighted by Gasteiger charge is 2.13. The van der Waals surface area contributed by atoms with Crippen molar-refractivity contribution in [3.63, 3.8) is 0 Å². The Morgan fingerprint density at radius 1 is 1.24 bits per heavy atom. The second-order valence-electron chi connectivity index (χ2n) is 5.91. The van der Waals surface area contributed by atoms with Crippen LogP contribution < -0.4 is 5.56 Å². The van der Waals surface area contributed by atoms with Gasteiger partial charge in [-0.3, -0.25) is 9.36 Å². The largest absolute Gasteiger partial charge is 0.465 e. The summed E-state index contributed by atoms with van der Waals surface area (Å²) < 4.78 is 6.61. The van der Waals surface area contributed by atoms with Crippen LogP contribution in [0.1, 0.15) is 28.8 Å². The van der Waals surface area contributed by atoms with Crippen LogP contribution in [0.3, 0.4) is 0 Å². The minimum atomic E-state index is -0.455. The summed E-state index contributed by atoms with van der Waals surface area (Å²) in [5.41, 5.74) is 1.87. The molecule has 0 spiro atoms. The number of fused-ring (bicyclic) bond motifs is 1. The number of benzene rings is 2. The van der Waals surface area contributed by atoms with Crippen molar-refractivity contribution < 1.29 is 9.53 Å². The average molecular weight is 354 g/mol. The third-order valence-electron chi connectivity index (χ3n) is 4.23. The molecule has 1 aromatic heterocycles. The van der Waals surface area contributed by atoms with E-state index in [-0.39, 0.29) is 11.5 Å². The monoisotopic (exact) mass is 354 g/mol. The Balaban J connectivity index is 2.04. The molecule has 2 aromatic carbocycles. The summed E-state index contributed by atoms with van der Waals surface area (Å²) in [6.45, 7) is 2.54. The van der Waals surface area contributed by atoms with Crippen LogP contribution in [-0.4, -0.2) is 22.6 Å². The van der Waals surface area contributed by atoms with Gasteiger partial charge in [0.25, 0.3) is 5.56 Å². The van der Waals surface area contributed by atoms with Gasteiger partial charge < -0.3 is 9.72 Å². The number of carbonyl (C=O) groups excluding carboxylic acids is 1. The molecule has 1 unspecified atom stereocenters. The maximum atomic E-state index is 12.8. The van der Waals surface area contributed by atoms with Crippen molar-refractivity contribution in [2.45, 2.75) is 19.4 Å². The van der Waals surface area contributed by atoms with Crippen LogP contribution in [-0.2, 0) is 11.3 Å². The molecule has 1 heterocycles. The molecule has 0 radical (unpaired) electrons. The first kappa shape index (κ1) is 17.1. The molecule has 1 atom stereocenters. The smallest absolute Gasteiger partial charge is 0.337 e. The summed E-state index contributed by atoms with van der Waals surface area (Å²) in [7, 11) is 1.32. The standard InChI is InChI=1S/C19H18N2O3S/c1-12(13-6-4-3-5-7-13)11-21-17(22)15-9-8-14(18(23)24-2)10-16(15)20-19(21)25/h3-10,12H,11H2,1-2H3,(H,20,25). The van der Waals surface area contributed by atoms with Crippen molar-refractivity contribution in [2.75, 3.05) is 7.11 Å². The number of nitrogens with zero attached hydrogens (tertiary/aromatic N) is 1. The van der Waals surface area contributed by atoms with Crippen LogP contribution in [0.5, 0.6) is 0 Å². The molecule has 5 nitrogen and oxygen atoms in total. The summed E-state index contributed by atoms with van der Waals surface area (Å²) in [6, 6.07) is 14.8. The van der Waals surface area contributed by atoms with Crippen LogP contribution >= 0.6 is 12.2 Å². The zero-order valence-electron chi connectivity index (χ0n) is 14.0. The highest BCUT2D eigenvalue weighted by molar-refractivity contribution is 7.71. The van der Waals surface area contributed by atoms with E-state index < -0.39 is 5.97 Å². The van der Waals surface area contributed by atoms with Gasteiger partial charge in [0.05, 0.1) is 23.6 Å². The van der Waals surface area contributed by atoms with E-state index >= 15 is 0 Å². The molecule has 0 saturated heterocycles. The van der Waals surface area contributed by atoms with E-state index in [0.29, 0.717) is 27.8 Å². The van der Waals surface area contributed by atoms with Crippen molar-refractivity contribution in [3.05, 3.63) is 74.8 Å². The molecule has 0 saturated carbocycles. The van der Waals surface area contributed by atoms with Crippen molar-refractivity contribution in [3.8, 4) is 0 Å². The molecule has 0 aliphatic rings. The first-order valence-electron chi connectivity index (χ1n) is 7.91. The highest BCUT2D eigenvalue weighted by atomic mass is 32.1. The molecule has 0 bridgehead atoms. The zero-order valence-corrected chi connectivity index (χ0v) is 14.8. The maximum Gasteiger partial charge on any atom is 0.337 e. The van der Waals surface area contributed by atoms with Gasteiger partial charge in [-0.05, 0) is 41.9 Å². The number of nitrogens with one attached hydrogen (secondary N) is 1. The molecule has 0 aliphatic carbocycles. The lowest BCUT2D eigenvalue weighted by Crippen LogP contribution is -2.24. The molecule has 3 rings (SSSR count). The van der Waals surface area contributed by atoms with E-state index in [1.807, 2.05) is 30.3 Å². The quantitative estimate of drug-likeness (QED) is 0.574. The minimum Gasteiger partial charge on any atom is -0.465 e. The van der Waals surface area contributed by atoms with Gasteiger partial charge in [-0.25, -0.2) is 4.79 Å². The topological polar surface area (TPSA) is 64.1 Å². The predicted octanol–water partition coefficient (Wildman–Crippen LogP) is 3.65. The van der Waals surface area contributed by atoms with E-state index in [0.717, 1.165) is 5.56 Å². The van der Waals surface area contributed by atoms with Crippen molar-refractivity contribution in [1.29, 1.82) is 0 Å². The van der Waals surface area contributed by atoms with Crippen LogP contribution in [0.25, 0.3) is 10.9 Å². The van der Waals surface area contributed by atoms with E-state index in [1.165, 1.54) is 7.11 Å². The number of hydrogen-bond donors (Lipinski definition) is 1. The molecular weight excluding hydrogens is 336 g/mol. The Hall–Kier alpha value is -2.73. The first-order valence-corrected chi connectivity index (χ1v) is 8.32. The lowest BCUT2D eigenvalue weighted by atomic mass is 10.0. The normalized spacial score (nSPS) is 12.1. The van der Waals surface area contributed by atoms with E-state index in [4.69, 9.17) is 17.0 Å². The first-order chi connectivity index (χ1) is 12.0. The van der Waals surface area contributed by atoms with Crippen molar-refractivity contribution in [1.82, 2.24) is 9.55 Å². The minimum absolute atomic E-state index is 0.140. The number of methoxy groups -OCH3 is 1. The number of H-pyrrole nitrogens is 1. The number of carbonyl (C=O) groups is 1. The number of esters is 1. The Labute approximate surface area is 149 Å². The fraction of sp³-hybridized carbons (Fsp3) is 0.211. The maximum absolute atomic E-state index is 12.8. The van der Waals surface area contributed by atoms with Gasteiger partial charge in [0.15, 0.2) is 4.77 Å². The van der Waals surface area contributed by atoms with Crippen LogP contribution in [0, 0.1) is 4.77 Å². The summed E-state index contributed by atoms with van der Waals surface area (Å²) in [6.07, 6.45) is 0. The summed E-state index contributed by atoms with van der Waals surface area (Å²) in [5.74, 6) is -0.316. The molecule has 0 fully saturated rings. The van der Waals surface area contributed by atoms with E-state index in [9.17, 15) is 9.59 Å². The molecule has 0 amide bonds. The predicted molar refractivity (Wildman–Crippen MR) is 99.6 cm³/mol. The van der Waals surface area contributed by atoms with Gasteiger partial charge in [-0.15, -0.1) is 0 Å². The third-order valence-corrected chi connectivity index (χ3v) is 4.55. The average Bonchev–Trinajstić information content (AvgIpc) is 2.64. The lowest BCUT2D eigenvalue weighted by Gasteiger charge is -2.15. The highest BCUT2D eigenvalue weighted by Crippen LogP contribution is 2.17. The van der Waals surface area contributed by atoms with Gasteiger partial charge in [-0.1, -0.05) is 37.3 Å². The van der Waals surface area contributed by atoms with Crippen LogP contribution in [0.2, 0.25) is 0 Å². The summed E-state index contributed by atoms with van der Waals surface area (Å²) in [4.78, 5) is 27.5. The van der Waals surface area contributed by atoms with E-state index in [2.05, 4.69) is 11.9 Å². The third kappa shape index (κ3) is 3.39. The molecule has 25 heavy (non-hydrogen) atoms. The molecule has 128 valence electrons. The summed E-state index contributed by atoms with van der Waals surface area (Å²) in [5, 5.41) is 0.488.